The van der Waals surface area contributed by atoms with Gasteiger partial charge in [0.25, 0.3) is 0 Å². The minimum Gasteiger partial charge on any atom is -0.299 e. The maximum absolute atomic E-state index is 5.97. The third-order valence-electron chi connectivity index (χ3n) is 2.68. The molecule has 0 amide bonds. The Morgan fingerprint density at radius 1 is 1.23 bits per heavy atom. The molecule has 1 heterocycles. The second kappa shape index (κ2) is 2.24. The van der Waals surface area contributed by atoms with Crippen LogP contribution in [0.25, 0.3) is 5.57 Å². The van der Waals surface area contributed by atoms with Crippen molar-refractivity contribution in [3.8, 4) is 0 Å². The Labute approximate surface area is 76.9 Å². The van der Waals surface area contributed by atoms with E-state index in [4.69, 9.17) is 5.84 Å². The fourth-order valence-corrected chi connectivity index (χ4v) is 2.05. The molecular weight excluding hydrogens is 160 g/mol. The number of benzene rings is 1. The first-order valence-corrected chi connectivity index (χ1v) is 4.39. The summed E-state index contributed by atoms with van der Waals surface area (Å²) in [6, 6.07) is 8.51. The van der Waals surface area contributed by atoms with Crippen LogP contribution in [0.1, 0.15) is 5.56 Å². The summed E-state index contributed by atoms with van der Waals surface area (Å²) in [6.07, 6.45) is 6.32. The van der Waals surface area contributed by atoms with E-state index in [0.717, 1.165) is 5.69 Å². The van der Waals surface area contributed by atoms with Crippen LogP contribution in [0.2, 0.25) is 0 Å². The van der Waals surface area contributed by atoms with Crippen molar-refractivity contribution in [2.24, 2.45) is 5.84 Å². The molecule has 0 radical (unpaired) electrons. The second-order valence-corrected chi connectivity index (χ2v) is 3.38. The van der Waals surface area contributed by atoms with Gasteiger partial charge in [-0.25, -0.2) is 5.84 Å². The van der Waals surface area contributed by atoms with E-state index in [-0.39, 0.29) is 6.04 Å². The number of allylic oxidation sites excluding steroid dienone is 2. The van der Waals surface area contributed by atoms with Crippen LogP contribution in [0, 0.1) is 0 Å². The molecule has 64 valence electrons. The molecule has 2 N–H and O–H groups in total. The fraction of sp³-hybridized carbons (Fsp3) is 0.0909. The van der Waals surface area contributed by atoms with Crippen LogP contribution in [0.3, 0.4) is 0 Å². The van der Waals surface area contributed by atoms with Gasteiger partial charge < -0.3 is 0 Å². The van der Waals surface area contributed by atoms with Crippen LogP contribution < -0.4 is 10.9 Å². The topological polar surface area (TPSA) is 29.3 Å². The molecule has 2 aliphatic rings. The Balaban J connectivity index is 2.26. The van der Waals surface area contributed by atoms with Gasteiger partial charge in [-0.3, -0.25) is 5.01 Å². The van der Waals surface area contributed by atoms with Gasteiger partial charge in [0.2, 0.25) is 0 Å². The zero-order valence-corrected chi connectivity index (χ0v) is 7.14. The van der Waals surface area contributed by atoms with Gasteiger partial charge in [0, 0.05) is 5.56 Å². The van der Waals surface area contributed by atoms with E-state index in [1.54, 1.807) is 0 Å². The normalized spacial score (nSPS) is 23.0. The van der Waals surface area contributed by atoms with Gasteiger partial charge in [-0.15, -0.1) is 0 Å². The maximum Gasteiger partial charge on any atom is 0.0892 e. The van der Waals surface area contributed by atoms with Crippen molar-refractivity contribution in [2.75, 3.05) is 5.01 Å². The number of hydrogen-bond acceptors (Lipinski definition) is 2. The summed E-state index contributed by atoms with van der Waals surface area (Å²) in [6.45, 7) is 0. The van der Waals surface area contributed by atoms with Gasteiger partial charge in [0.1, 0.15) is 0 Å². The van der Waals surface area contributed by atoms with Crippen molar-refractivity contribution in [3.63, 3.8) is 0 Å². The number of nitrogens with two attached hydrogens (primary N) is 1. The summed E-state index contributed by atoms with van der Waals surface area (Å²) in [4.78, 5) is 0. The number of fused-ring (bicyclic) bond motifs is 3. The Morgan fingerprint density at radius 2 is 2.08 bits per heavy atom. The highest BCUT2D eigenvalue weighted by molar-refractivity contribution is 5.91. The van der Waals surface area contributed by atoms with E-state index in [0.29, 0.717) is 0 Å². The first kappa shape index (κ1) is 6.92. The Kier molecular flexibility index (Phi) is 1.19. The van der Waals surface area contributed by atoms with Gasteiger partial charge in [-0.2, -0.15) is 0 Å². The van der Waals surface area contributed by atoms with Crippen LogP contribution in [-0.4, -0.2) is 6.04 Å². The van der Waals surface area contributed by atoms with Gasteiger partial charge in [-0.05, 0) is 11.6 Å². The summed E-state index contributed by atoms with van der Waals surface area (Å²) in [5.41, 5.74) is 3.71. The van der Waals surface area contributed by atoms with Crippen LogP contribution in [0.15, 0.2) is 42.5 Å². The van der Waals surface area contributed by atoms with E-state index < -0.39 is 0 Å². The van der Waals surface area contributed by atoms with Crippen LogP contribution in [0.5, 0.6) is 0 Å². The molecule has 3 rings (SSSR count). The molecule has 13 heavy (non-hydrogen) atoms. The number of anilines is 1. The summed E-state index contributed by atoms with van der Waals surface area (Å²) < 4.78 is 0. The fourth-order valence-electron chi connectivity index (χ4n) is 2.05. The molecule has 1 aliphatic carbocycles. The van der Waals surface area contributed by atoms with E-state index in [1.165, 1.54) is 11.1 Å². The molecule has 0 fully saturated rings. The molecule has 1 aliphatic heterocycles. The van der Waals surface area contributed by atoms with Crippen LogP contribution >= 0.6 is 0 Å². The zero-order chi connectivity index (χ0) is 8.84. The predicted octanol–water partition coefficient (Wildman–Crippen LogP) is 1.70. The molecule has 2 heteroatoms. The lowest BCUT2D eigenvalue weighted by atomic mass is 10.1. The minimum absolute atomic E-state index is 0.261. The molecule has 0 saturated heterocycles. The Hall–Kier alpha value is -1.54. The molecule has 0 spiro atoms. The predicted molar refractivity (Wildman–Crippen MR) is 54.0 cm³/mol. The molecule has 1 aromatic rings. The van der Waals surface area contributed by atoms with Gasteiger partial charge in [-0.1, -0.05) is 36.4 Å². The SMILES string of the molecule is NN1c2ccccc2C2=CC=CC21. The van der Waals surface area contributed by atoms with Crippen molar-refractivity contribution >= 4 is 11.3 Å². The molecule has 0 aromatic heterocycles. The largest absolute Gasteiger partial charge is 0.299 e. The van der Waals surface area contributed by atoms with Crippen molar-refractivity contribution < 1.29 is 0 Å². The highest BCUT2D eigenvalue weighted by Crippen LogP contribution is 2.40. The smallest absolute Gasteiger partial charge is 0.0892 e. The molecular formula is C11H10N2. The first-order valence-electron chi connectivity index (χ1n) is 4.39. The van der Waals surface area contributed by atoms with Gasteiger partial charge in [0.15, 0.2) is 0 Å². The number of para-hydroxylation sites is 1. The standard InChI is InChI=1S/C11H10N2/c12-13-10-6-2-1-4-8(10)9-5-3-7-11(9)13/h1-7,11H,12H2. The average molecular weight is 170 g/mol. The van der Waals surface area contributed by atoms with E-state index in [2.05, 4.69) is 30.4 Å². The Morgan fingerprint density at radius 3 is 3.00 bits per heavy atom. The van der Waals surface area contributed by atoms with Crippen LogP contribution in [-0.2, 0) is 0 Å². The van der Waals surface area contributed by atoms with E-state index >= 15 is 0 Å². The Bertz CT molecular complexity index is 418. The molecule has 1 atom stereocenters. The first-order chi connectivity index (χ1) is 6.38. The monoisotopic (exact) mass is 170 g/mol. The maximum atomic E-state index is 5.97. The lowest BCUT2D eigenvalue weighted by Crippen LogP contribution is -2.35. The average Bonchev–Trinajstić information content (AvgIpc) is 2.72. The summed E-state index contributed by atoms with van der Waals surface area (Å²) in [5, 5.41) is 1.82. The van der Waals surface area contributed by atoms with Crippen molar-refractivity contribution in [3.05, 3.63) is 48.1 Å². The van der Waals surface area contributed by atoms with Crippen molar-refractivity contribution in [2.45, 2.75) is 6.04 Å². The number of hydrazine groups is 1. The summed E-state index contributed by atoms with van der Waals surface area (Å²) in [5.74, 6) is 5.97. The zero-order valence-electron chi connectivity index (χ0n) is 7.14. The molecule has 0 saturated carbocycles. The highest BCUT2D eigenvalue weighted by Gasteiger charge is 2.31. The van der Waals surface area contributed by atoms with Crippen molar-refractivity contribution in [1.82, 2.24) is 0 Å². The van der Waals surface area contributed by atoms with E-state index in [9.17, 15) is 0 Å². The number of hydrogen-bond donors (Lipinski definition) is 1. The summed E-state index contributed by atoms with van der Waals surface area (Å²) >= 11 is 0. The highest BCUT2D eigenvalue weighted by atomic mass is 15.4. The van der Waals surface area contributed by atoms with Crippen LogP contribution in [0.4, 0.5) is 5.69 Å². The minimum atomic E-state index is 0.261. The lowest BCUT2D eigenvalue weighted by Gasteiger charge is -2.17. The molecule has 1 aromatic carbocycles. The third kappa shape index (κ3) is 0.756. The van der Waals surface area contributed by atoms with Gasteiger partial charge >= 0.3 is 0 Å². The molecule has 2 nitrogen and oxygen atoms in total. The second-order valence-electron chi connectivity index (χ2n) is 3.38. The number of nitrogens with zero attached hydrogens (tertiary/aromatic N) is 1. The molecule has 1 unspecified atom stereocenters. The number of rotatable bonds is 0. The third-order valence-corrected chi connectivity index (χ3v) is 2.68. The van der Waals surface area contributed by atoms with Crippen molar-refractivity contribution in [1.29, 1.82) is 0 Å². The quantitative estimate of drug-likeness (QED) is 0.600. The summed E-state index contributed by atoms with van der Waals surface area (Å²) in [7, 11) is 0. The van der Waals surface area contributed by atoms with E-state index in [1.807, 2.05) is 17.1 Å². The van der Waals surface area contributed by atoms with Gasteiger partial charge in [0.05, 0.1) is 11.7 Å². The molecule has 0 bridgehead atoms. The lowest BCUT2D eigenvalue weighted by molar-refractivity contribution is 0.879.